The van der Waals surface area contributed by atoms with Crippen LogP contribution in [-0.2, 0) is 4.79 Å². The summed E-state index contributed by atoms with van der Waals surface area (Å²) in [6.45, 7) is 1.60. The van der Waals surface area contributed by atoms with Gasteiger partial charge in [-0.3, -0.25) is 4.79 Å². The van der Waals surface area contributed by atoms with Crippen molar-refractivity contribution in [2.45, 2.75) is 13.3 Å². The zero-order valence-electron chi connectivity index (χ0n) is 3.77. The van der Waals surface area contributed by atoms with Crippen LogP contribution >= 0.6 is 0 Å². The zero-order valence-corrected chi connectivity index (χ0v) is 5.98. The van der Waals surface area contributed by atoms with Crippen LogP contribution in [0.2, 0.25) is 0 Å². The van der Waals surface area contributed by atoms with Gasteiger partial charge in [-0.05, 0) is 0 Å². The van der Waals surface area contributed by atoms with Gasteiger partial charge >= 0.3 is 5.97 Å². The normalized spacial score (nSPS) is 6.17. The van der Waals surface area contributed by atoms with E-state index in [1.807, 2.05) is 0 Å². The summed E-state index contributed by atoms with van der Waals surface area (Å²) >= 11 is 0. The molecular formula is C3H6CaO2. The molecule has 0 aromatic heterocycles. The first kappa shape index (κ1) is 9.88. The van der Waals surface area contributed by atoms with Crippen LogP contribution in [0.15, 0.2) is 0 Å². The van der Waals surface area contributed by atoms with Crippen molar-refractivity contribution in [1.29, 1.82) is 0 Å². The average Bonchev–Trinajstić information content (AvgIpc) is 1.38. The first-order chi connectivity index (χ1) is 2.27. The second-order valence-corrected chi connectivity index (χ2v) is 0.747. The third-order valence-corrected chi connectivity index (χ3v) is 0.302. The molecule has 0 saturated carbocycles. The number of hydrogen-bond donors (Lipinski definition) is 1. The van der Waals surface area contributed by atoms with Gasteiger partial charge in [0.05, 0.1) is 0 Å². The van der Waals surface area contributed by atoms with Crippen molar-refractivity contribution in [1.82, 2.24) is 0 Å². The molecule has 2 radical (unpaired) electrons. The van der Waals surface area contributed by atoms with E-state index in [1.165, 1.54) is 0 Å². The van der Waals surface area contributed by atoms with E-state index in [1.54, 1.807) is 6.92 Å². The Balaban J connectivity index is 0. The van der Waals surface area contributed by atoms with Crippen LogP contribution < -0.4 is 0 Å². The molecule has 0 saturated heterocycles. The summed E-state index contributed by atoms with van der Waals surface area (Å²) in [5.41, 5.74) is 0. The second kappa shape index (κ2) is 5.73. The van der Waals surface area contributed by atoms with E-state index in [2.05, 4.69) is 0 Å². The van der Waals surface area contributed by atoms with Gasteiger partial charge in [0.15, 0.2) is 0 Å². The van der Waals surface area contributed by atoms with Crippen molar-refractivity contribution in [2.75, 3.05) is 0 Å². The fourth-order valence-electron chi connectivity index (χ4n) is 0. The maximum Gasteiger partial charge on any atom is 0.303 e. The van der Waals surface area contributed by atoms with Gasteiger partial charge in [-0.1, -0.05) is 6.92 Å². The number of hydrogen-bond acceptors (Lipinski definition) is 1. The van der Waals surface area contributed by atoms with Crippen LogP contribution in [-0.4, -0.2) is 48.8 Å². The largest absolute Gasteiger partial charge is 0.481 e. The Morgan fingerprint density at radius 2 is 2.00 bits per heavy atom. The predicted octanol–water partition coefficient (Wildman–Crippen LogP) is 0.100. The van der Waals surface area contributed by atoms with E-state index in [9.17, 15) is 4.79 Å². The van der Waals surface area contributed by atoms with Crippen LogP contribution in [0.5, 0.6) is 0 Å². The van der Waals surface area contributed by atoms with Crippen molar-refractivity contribution in [3.05, 3.63) is 0 Å². The van der Waals surface area contributed by atoms with Gasteiger partial charge in [-0.25, -0.2) is 0 Å². The minimum Gasteiger partial charge on any atom is -0.481 e. The summed E-state index contributed by atoms with van der Waals surface area (Å²) in [6, 6.07) is 0. The molecule has 3 heteroatoms. The summed E-state index contributed by atoms with van der Waals surface area (Å²) < 4.78 is 0. The maximum atomic E-state index is 9.37. The first-order valence-electron chi connectivity index (χ1n) is 1.49. The number of carboxylic acids is 1. The van der Waals surface area contributed by atoms with Crippen molar-refractivity contribution in [3.63, 3.8) is 0 Å². The first-order valence-corrected chi connectivity index (χ1v) is 1.49. The quantitative estimate of drug-likeness (QED) is 0.491. The molecule has 0 amide bonds. The Morgan fingerprint density at radius 3 is 2.00 bits per heavy atom. The molecule has 32 valence electrons. The van der Waals surface area contributed by atoms with Gasteiger partial charge in [0.2, 0.25) is 0 Å². The van der Waals surface area contributed by atoms with E-state index >= 15 is 0 Å². The fourth-order valence-corrected chi connectivity index (χ4v) is 0. The molecule has 0 aliphatic carbocycles. The second-order valence-electron chi connectivity index (χ2n) is 0.747. The molecule has 0 aromatic carbocycles. The standard InChI is InChI=1S/C3H6O2.Ca/c1-2-3(4)5;/h2H2,1H3,(H,4,5);. The molecule has 0 aliphatic rings. The number of carbonyl (C=O) groups is 1. The molecule has 2 nitrogen and oxygen atoms in total. The minimum atomic E-state index is -0.745. The Hall–Kier alpha value is 0.730. The number of aliphatic carboxylic acids is 1. The number of rotatable bonds is 1. The van der Waals surface area contributed by atoms with Crippen LogP contribution in [0.25, 0.3) is 0 Å². The van der Waals surface area contributed by atoms with E-state index in [4.69, 9.17) is 5.11 Å². The smallest absolute Gasteiger partial charge is 0.303 e. The summed E-state index contributed by atoms with van der Waals surface area (Å²) in [5, 5.41) is 7.72. The summed E-state index contributed by atoms with van der Waals surface area (Å²) in [6.07, 6.45) is 0.222. The maximum absolute atomic E-state index is 9.37. The van der Waals surface area contributed by atoms with Crippen LogP contribution in [0.1, 0.15) is 13.3 Å². The molecule has 6 heavy (non-hydrogen) atoms. The van der Waals surface area contributed by atoms with Crippen molar-refractivity contribution in [3.8, 4) is 0 Å². The van der Waals surface area contributed by atoms with Gasteiger partial charge in [0.1, 0.15) is 0 Å². The molecule has 0 aromatic rings. The van der Waals surface area contributed by atoms with Gasteiger partial charge in [0, 0.05) is 44.2 Å². The molecule has 0 fully saturated rings. The van der Waals surface area contributed by atoms with Gasteiger partial charge < -0.3 is 5.11 Å². The van der Waals surface area contributed by atoms with Gasteiger partial charge in [-0.15, -0.1) is 0 Å². The summed E-state index contributed by atoms with van der Waals surface area (Å²) in [5.74, 6) is -0.745. The van der Waals surface area contributed by atoms with Crippen LogP contribution in [0, 0.1) is 0 Å². The molecule has 1 N–H and O–H groups in total. The van der Waals surface area contributed by atoms with E-state index < -0.39 is 5.97 Å². The molecule has 0 aliphatic heterocycles. The van der Waals surface area contributed by atoms with Crippen molar-refractivity contribution >= 4 is 43.7 Å². The van der Waals surface area contributed by atoms with E-state index in [-0.39, 0.29) is 44.2 Å². The predicted molar refractivity (Wildman–Crippen MR) is 23.7 cm³/mol. The fraction of sp³-hybridized carbons (Fsp3) is 0.667. The summed E-state index contributed by atoms with van der Waals surface area (Å²) in [7, 11) is 0. The third-order valence-electron chi connectivity index (χ3n) is 0.302. The molecule has 0 unspecified atom stereocenters. The number of carboxylic acid groups (broad SMARTS) is 1. The Bertz CT molecular complexity index is 44.1. The monoisotopic (exact) mass is 114 g/mol. The van der Waals surface area contributed by atoms with E-state index in [0.717, 1.165) is 0 Å². The Morgan fingerprint density at radius 1 is 1.83 bits per heavy atom. The third kappa shape index (κ3) is 8.83. The van der Waals surface area contributed by atoms with Gasteiger partial charge in [-0.2, -0.15) is 0 Å². The molecule has 0 rings (SSSR count). The van der Waals surface area contributed by atoms with Crippen molar-refractivity contribution in [2.24, 2.45) is 0 Å². The van der Waals surface area contributed by atoms with Crippen LogP contribution in [0.4, 0.5) is 0 Å². The SMILES string of the molecule is CCC(=O)O.[Ca]. The Kier molecular flexibility index (Phi) is 9.43. The molecule has 0 atom stereocenters. The zero-order chi connectivity index (χ0) is 4.28. The minimum absolute atomic E-state index is 0. The Labute approximate surface area is 66.5 Å². The van der Waals surface area contributed by atoms with Crippen LogP contribution in [0.3, 0.4) is 0 Å². The molecule has 0 spiro atoms. The van der Waals surface area contributed by atoms with Gasteiger partial charge in [0.25, 0.3) is 0 Å². The average molecular weight is 114 g/mol. The molecule has 0 bridgehead atoms. The molecular weight excluding hydrogens is 108 g/mol. The van der Waals surface area contributed by atoms with E-state index in [0.29, 0.717) is 0 Å². The topological polar surface area (TPSA) is 37.3 Å². The summed E-state index contributed by atoms with van der Waals surface area (Å²) in [4.78, 5) is 9.37. The van der Waals surface area contributed by atoms with Crippen molar-refractivity contribution < 1.29 is 9.90 Å². The molecule has 0 heterocycles.